The van der Waals surface area contributed by atoms with Crippen molar-refractivity contribution in [1.82, 2.24) is 5.32 Å². The molecule has 0 fully saturated rings. The lowest BCUT2D eigenvalue weighted by atomic mass is 9.89. The van der Waals surface area contributed by atoms with Crippen LogP contribution in [0.3, 0.4) is 0 Å². The molecule has 0 saturated carbocycles. The Morgan fingerprint density at radius 3 is 2.60 bits per heavy atom. The van der Waals surface area contributed by atoms with Crippen LogP contribution in [0.4, 0.5) is 0 Å². The quantitative estimate of drug-likeness (QED) is 0.631. The van der Waals surface area contributed by atoms with E-state index in [1.165, 1.54) is 0 Å². The first-order valence-electron chi connectivity index (χ1n) is 5.77. The van der Waals surface area contributed by atoms with Crippen molar-refractivity contribution >= 4 is 5.91 Å². The smallest absolute Gasteiger partial charge is 0.220 e. The van der Waals surface area contributed by atoms with Crippen LogP contribution in [-0.4, -0.2) is 26.2 Å². The van der Waals surface area contributed by atoms with Crippen LogP contribution in [0.15, 0.2) is 0 Å². The van der Waals surface area contributed by atoms with Gasteiger partial charge in [-0.2, -0.15) is 0 Å². The number of amides is 1. The third-order valence-corrected chi connectivity index (χ3v) is 2.42. The lowest BCUT2D eigenvalue weighted by Gasteiger charge is -2.22. The molecule has 0 atom stereocenters. The Balaban J connectivity index is 3.60. The molecule has 3 nitrogen and oxygen atoms in total. The van der Waals surface area contributed by atoms with Crippen molar-refractivity contribution in [1.29, 1.82) is 0 Å². The summed E-state index contributed by atoms with van der Waals surface area (Å²) < 4.78 is 5.11. The molecule has 0 rings (SSSR count). The SMILES string of the molecule is CCCCNC(=O)CCC(C)(C)COC. The van der Waals surface area contributed by atoms with Gasteiger partial charge in [-0.1, -0.05) is 27.2 Å². The fraction of sp³-hybridized carbons (Fsp3) is 0.917. The van der Waals surface area contributed by atoms with E-state index in [9.17, 15) is 4.79 Å². The topological polar surface area (TPSA) is 38.3 Å². The molecule has 0 aromatic heterocycles. The molecule has 0 bridgehead atoms. The summed E-state index contributed by atoms with van der Waals surface area (Å²) in [6.45, 7) is 7.87. The molecule has 1 N–H and O–H groups in total. The maximum absolute atomic E-state index is 11.4. The first kappa shape index (κ1) is 14.4. The second-order valence-corrected chi connectivity index (χ2v) is 4.80. The molecule has 0 aliphatic heterocycles. The average Bonchev–Trinajstić information content (AvgIpc) is 2.15. The van der Waals surface area contributed by atoms with E-state index in [1.807, 2.05) is 0 Å². The van der Waals surface area contributed by atoms with Crippen molar-refractivity contribution in [3.8, 4) is 0 Å². The van der Waals surface area contributed by atoms with Gasteiger partial charge in [0.05, 0.1) is 6.61 Å². The van der Waals surface area contributed by atoms with Gasteiger partial charge in [-0.25, -0.2) is 0 Å². The fourth-order valence-corrected chi connectivity index (χ4v) is 1.41. The summed E-state index contributed by atoms with van der Waals surface area (Å²) in [6.07, 6.45) is 3.65. The zero-order valence-corrected chi connectivity index (χ0v) is 10.6. The summed E-state index contributed by atoms with van der Waals surface area (Å²) in [7, 11) is 1.70. The van der Waals surface area contributed by atoms with Gasteiger partial charge in [-0.3, -0.25) is 4.79 Å². The summed E-state index contributed by atoms with van der Waals surface area (Å²) >= 11 is 0. The van der Waals surface area contributed by atoms with Crippen molar-refractivity contribution in [3.63, 3.8) is 0 Å². The standard InChI is InChI=1S/C12H25NO2/c1-5-6-9-13-11(14)7-8-12(2,3)10-15-4/h5-10H2,1-4H3,(H,13,14). The molecule has 0 heterocycles. The van der Waals surface area contributed by atoms with E-state index in [1.54, 1.807) is 7.11 Å². The summed E-state index contributed by atoms with van der Waals surface area (Å²) in [6, 6.07) is 0. The van der Waals surface area contributed by atoms with Crippen LogP contribution in [0.2, 0.25) is 0 Å². The maximum Gasteiger partial charge on any atom is 0.220 e. The van der Waals surface area contributed by atoms with Gasteiger partial charge in [-0.05, 0) is 18.3 Å². The molecule has 0 unspecified atom stereocenters. The molecule has 0 saturated heterocycles. The third kappa shape index (κ3) is 8.43. The molecule has 90 valence electrons. The highest BCUT2D eigenvalue weighted by atomic mass is 16.5. The Morgan fingerprint density at radius 2 is 2.07 bits per heavy atom. The van der Waals surface area contributed by atoms with Crippen LogP contribution in [0.1, 0.15) is 46.5 Å². The summed E-state index contributed by atoms with van der Waals surface area (Å²) in [5.74, 6) is 0.160. The Morgan fingerprint density at radius 1 is 1.40 bits per heavy atom. The number of unbranched alkanes of at least 4 members (excludes halogenated alkanes) is 1. The van der Waals surface area contributed by atoms with Gasteiger partial charge >= 0.3 is 0 Å². The van der Waals surface area contributed by atoms with E-state index in [-0.39, 0.29) is 11.3 Å². The van der Waals surface area contributed by atoms with Crippen molar-refractivity contribution in [3.05, 3.63) is 0 Å². The highest BCUT2D eigenvalue weighted by molar-refractivity contribution is 5.75. The van der Waals surface area contributed by atoms with E-state index in [4.69, 9.17) is 4.74 Å². The number of nitrogens with one attached hydrogen (secondary N) is 1. The van der Waals surface area contributed by atoms with Gasteiger partial charge in [0.2, 0.25) is 5.91 Å². The van der Waals surface area contributed by atoms with Crippen LogP contribution < -0.4 is 5.32 Å². The largest absolute Gasteiger partial charge is 0.384 e. The number of methoxy groups -OCH3 is 1. The van der Waals surface area contributed by atoms with Crippen molar-refractivity contribution in [2.24, 2.45) is 5.41 Å². The van der Waals surface area contributed by atoms with E-state index in [0.717, 1.165) is 25.8 Å². The molecular formula is C12H25NO2. The fourth-order valence-electron chi connectivity index (χ4n) is 1.41. The van der Waals surface area contributed by atoms with Gasteiger partial charge in [0.25, 0.3) is 0 Å². The number of carbonyl (C=O) groups excluding carboxylic acids is 1. The Hall–Kier alpha value is -0.570. The van der Waals surface area contributed by atoms with Crippen molar-refractivity contribution in [2.45, 2.75) is 46.5 Å². The van der Waals surface area contributed by atoms with Crippen LogP contribution in [0, 0.1) is 5.41 Å². The predicted molar refractivity (Wildman–Crippen MR) is 62.8 cm³/mol. The molecule has 15 heavy (non-hydrogen) atoms. The van der Waals surface area contributed by atoms with Crippen LogP contribution in [-0.2, 0) is 9.53 Å². The Bertz CT molecular complexity index is 178. The molecular weight excluding hydrogens is 190 g/mol. The monoisotopic (exact) mass is 215 g/mol. The first-order chi connectivity index (χ1) is 7.02. The van der Waals surface area contributed by atoms with E-state index in [0.29, 0.717) is 13.0 Å². The summed E-state index contributed by atoms with van der Waals surface area (Å²) in [5.41, 5.74) is 0.0941. The second kappa shape index (κ2) is 7.69. The number of ether oxygens (including phenoxy) is 1. The maximum atomic E-state index is 11.4. The molecule has 1 amide bonds. The van der Waals surface area contributed by atoms with Gasteiger partial charge in [-0.15, -0.1) is 0 Å². The van der Waals surface area contributed by atoms with Crippen LogP contribution >= 0.6 is 0 Å². The first-order valence-corrected chi connectivity index (χ1v) is 5.77. The highest BCUT2D eigenvalue weighted by Crippen LogP contribution is 2.22. The van der Waals surface area contributed by atoms with Gasteiger partial charge in [0, 0.05) is 20.1 Å². The zero-order valence-electron chi connectivity index (χ0n) is 10.6. The Kier molecular flexibility index (Phi) is 7.39. The lowest BCUT2D eigenvalue weighted by molar-refractivity contribution is -0.121. The molecule has 0 spiro atoms. The normalized spacial score (nSPS) is 11.5. The molecule has 0 aromatic carbocycles. The number of hydrogen-bond donors (Lipinski definition) is 1. The zero-order chi connectivity index (χ0) is 11.7. The van der Waals surface area contributed by atoms with Gasteiger partial charge < -0.3 is 10.1 Å². The number of hydrogen-bond acceptors (Lipinski definition) is 2. The minimum atomic E-state index is 0.0941. The minimum Gasteiger partial charge on any atom is -0.384 e. The van der Waals surface area contributed by atoms with Gasteiger partial charge in [0.15, 0.2) is 0 Å². The predicted octanol–water partition coefficient (Wildman–Crippen LogP) is 2.36. The summed E-state index contributed by atoms with van der Waals surface area (Å²) in [5, 5.41) is 2.92. The second-order valence-electron chi connectivity index (χ2n) is 4.80. The molecule has 0 radical (unpaired) electrons. The molecule has 0 aliphatic rings. The van der Waals surface area contributed by atoms with E-state index in [2.05, 4.69) is 26.1 Å². The minimum absolute atomic E-state index is 0.0941. The van der Waals surface area contributed by atoms with Crippen molar-refractivity contribution in [2.75, 3.05) is 20.3 Å². The molecule has 0 aliphatic carbocycles. The van der Waals surface area contributed by atoms with Crippen LogP contribution in [0.5, 0.6) is 0 Å². The number of rotatable bonds is 8. The average molecular weight is 215 g/mol. The molecule has 3 heteroatoms. The number of carbonyl (C=O) groups is 1. The van der Waals surface area contributed by atoms with E-state index >= 15 is 0 Å². The summed E-state index contributed by atoms with van der Waals surface area (Å²) in [4.78, 5) is 11.4. The van der Waals surface area contributed by atoms with Gasteiger partial charge in [0.1, 0.15) is 0 Å². The third-order valence-electron chi connectivity index (χ3n) is 2.42. The van der Waals surface area contributed by atoms with E-state index < -0.39 is 0 Å². The van der Waals surface area contributed by atoms with Crippen LogP contribution in [0.25, 0.3) is 0 Å². The lowest BCUT2D eigenvalue weighted by Crippen LogP contribution is -2.27. The van der Waals surface area contributed by atoms with Crippen molar-refractivity contribution < 1.29 is 9.53 Å². The Labute approximate surface area is 93.6 Å². The highest BCUT2D eigenvalue weighted by Gasteiger charge is 2.18. The molecule has 0 aromatic rings.